The molecule has 3 rings (SSSR count). The van der Waals surface area contributed by atoms with E-state index in [2.05, 4.69) is 0 Å². The predicted molar refractivity (Wildman–Crippen MR) is 126 cm³/mol. The third-order valence-corrected chi connectivity index (χ3v) is 6.52. The third-order valence-electron chi connectivity index (χ3n) is 5.39. The van der Waals surface area contributed by atoms with Crippen LogP contribution in [0.2, 0.25) is 0 Å². The van der Waals surface area contributed by atoms with Gasteiger partial charge in [0, 0.05) is 28.3 Å². The van der Waals surface area contributed by atoms with Crippen LogP contribution in [0, 0.1) is 5.82 Å². The number of aliphatic hydroxyl groups is 5. The Bertz CT molecular complexity index is 1090. The summed E-state index contributed by atoms with van der Waals surface area (Å²) in [6.45, 7) is -0.609. The minimum Gasteiger partial charge on any atom is -0.412 e. The average Bonchev–Trinajstić information content (AvgIpc) is 3.30. The van der Waals surface area contributed by atoms with E-state index in [0.717, 1.165) is 26.4 Å². The van der Waals surface area contributed by atoms with Gasteiger partial charge >= 0.3 is 0 Å². The number of aliphatic hydroxyl groups excluding tert-OH is 5. The Morgan fingerprint density at radius 2 is 1.62 bits per heavy atom. The summed E-state index contributed by atoms with van der Waals surface area (Å²) in [5.41, 5.74) is 8.40. The zero-order chi connectivity index (χ0) is 24.1. The lowest BCUT2D eigenvalue weighted by molar-refractivity contribution is -0.105. The second kappa shape index (κ2) is 12.2. The standard InChI is InChI=1S/C24H26FNO6S.H2O/c25-17-5-3-13(4-6-17)20-8-7-18(33-20)10-16-9-14(1-2-15(16)11-26)21(29)23(31)24(32)22(30)19(28)12-27;/h1-9,19,22-24,27-28,30-32H,10-12,26H2;1H2/t19-,22-,23+,24+;/m1./s1. The number of carbonyl (C=O) groups excluding carboxylic acids is 1. The highest BCUT2D eigenvalue weighted by Gasteiger charge is 2.34. The highest BCUT2D eigenvalue weighted by molar-refractivity contribution is 7.15. The van der Waals surface area contributed by atoms with Gasteiger partial charge in [0.2, 0.25) is 0 Å². The minimum atomic E-state index is -2.00. The number of carbonyl (C=O) groups is 1. The molecule has 0 aliphatic rings. The number of halogens is 1. The van der Waals surface area contributed by atoms with Gasteiger partial charge in [0.05, 0.1) is 6.61 Å². The highest BCUT2D eigenvalue weighted by Crippen LogP contribution is 2.30. The summed E-state index contributed by atoms with van der Waals surface area (Å²) in [6, 6.07) is 14.8. The molecule has 34 heavy (non-hydrogen) atoms. The molecule has 0 fully saturated rings. The molecule has 3 aromatic rings. The van der Waals surface area contributed by atoms with Gasteiger partial charge in [-0.3, -0.25) is 4.79 Å². The summed E-state index contributed by atoms with van der Waals surface area (Å²) in [6.07, 6.45) is -7.11. The van der Waals surface area contributed by atoms with Gasteiger partial charge in [-0.1, -0.05) is 24.3 Å². The Kier molecular flexibility index (Phi) is 9.98. The molecule has 1 heterocycles. The van der Waals surface area contributed by atoms with E-state index in [1.54, 1.807) is 24.3 Å². The maximum atomic E-state index is 13.2. The summed E-state index contributed by atoms with van der Waals surface area (Å²) >= 11 is 1.52. The number of Topliss-reactive ketones (excluding diaryl/α,β-unsaturated/α-hetero) is 1. The first-order valence-corrected chi connectivity index (χ1v) is 11.1. The van der Waals surface area contributed by atoms with E-state index in [0.29, 0.717) is 6.42 Å². The van der Waals surface area contributed by atoms with Gasteiger partial charge in [-0.15, -0.1) is 11.3 Å². The van der Waals surface area contributed by atoms with Crippen LogP contribution in [0.25, 0.3) is 10.4 Å². The number of nitrogens with two attached hydrogens (primary N) is 1. The third kappa shape index (κ3) is 6.32. The number of ketones is 1. The van der Waals surface area contributed by atoms with Crippen molar-refractivity contribution in [2.45, 2.75) is 37.4 Å². The van der Waals surface area contributed by atoms with E-state index in [9.17, 15) is 29.6 Å². The van der Waals surface area contributed by atoms with Crippen molar-refractivity contribution in [3.05, 3.63) is 82.0 Å². The largest absolute Gasteiger partial charge is 0.412 e. The smallest absolute Gasteiger partial charge is 0.194 e. The Morgan fingerprint density at radius 3 is 2.24 bits per heavy atom. The summed E-state index contributed by atoms with van der Waals surface area (Å²) in [4.78, 5) is 14.6. The van der Waals surface area contributed by atoms with Crippen molar-refractivity contribution in [3.63, 3.8) is 0 Å². The Labute approximate surface area is 199 Å². The van der Waals surface area contributed by atoms with Gasteiger partial charge in [-0.25, -0.2) is 4.39 Å². The fourth-order valence-corrected chi connectivity index (χ4v) is 4.46. The summed E-state index contributed by atoms with van der Waals surface area (Å²) in [7, 11) is 0. The van der Waals surface area contributed by atoms with Crippen LogP contribution in [0.1, 0.15) is 26.4 Å². The normalized spacial score (nSPS) is 14.7. The summed E-state index contributed by atoms with van der Waals surface area (Å²) < 4.78 is 13.2. The monoisotopic (exact) mass is 493 g/mol. The van der Waals surface area contributed by atoms with Crippen molar-refractivity contribution in [1.82, 2.24) is 0 Å². The number of hydrogen-bond donors (Lipinski definition) is 6. The molecule has 0 aliphatic carbocycles. The van der Waals surface area contributed by atoms with Gasteiger partial charge in [0.15, 0.2) is 5.78 Å². The van der Waals surface area contributed by atoms with Crippen molar-refractivity contribution in [2.24, 2.45) is 5.73 Å². The maximum absolute atomic E-state index is 13.2. The lowest BCUT2D eigenvalue weighted by Crippen LogP contribution is -2.48. The molecular weight excluding hydrogens is 465 g/mol. The molecule has 8 nitrogen and oxygen atoms in total. The molecule has 0 aliphatic heterocycles. The van der Waals surface area contributed by atoms with Crippen LogP contribution in [0.3, 0.4) is 0 Å². The lowest BCUT2D eigenvalue weighted by Gasteiger charge is -2.25. The Morgan fingerprint density at radius 1 is 0.941 bits per heavy atom. The van der Waals surface area contributed by atoms with Gasteiger partial charge < -0.3 is 36.7 Å². The van der Waals surface area contributed by atoms with Gasteiger partial charge in [0.1, 0.15) is 30.2 Å². The zero-order valence-electron chi connectivity index (χ0n) is 18.1. The molecule has 9 N–H and O–H groups in total. The van der Waals surface area contributed by atoms with Crippen molar-refractivity contribution in [3.8, 4) is 10.4 Å². The fraction of sp³-hybridized carbons (Fsp3) is 0.292. The van der Waals surface area contributed by atoms with E-state index in [1.807, 2.05) is 12.1 Å². The van der Waals surface area contributed by atoms with E-state index in [1.165, 1.54) is 29.5 Å². The lowest BCUT2D eigenvalue weighted by atomic mass is 9.93. The quantitative estimate of drug-likeness (QED) is 0.221. The SMILES string of the molecule is NCc1ccc(C(=O)[C@H](O)[C@@H](O)[C@H](O)[C@H](O)CO)cc1Cc1ccc(-c2ccc(F)cc2)s1.O. The topological polar surface area (TPSA) is 176 Å². The molecule has 1 aromatic heterocycles. The zero-order valence-corrected chi connectivity index (χ0v) is 19.0. The van der Waals surface area contributed by atoms with Crippen molar-refractivity contribution in [1.29, 1.82) is 0 Å². The maximum Gasteiger partial charge on any atom is 0.194 e. The minimum absolute atomic E-state index is 0. The van der Waals surface area contributed by atoms with Crippen LogP contribution in [-0.4, -0.2) is 67.8 Å². The number of thiophene rings is 1. The predicted octanol–water partition coefficient (Wildman–Crippen LogP) is 0.398. The highest BCUT2D eigenvalue weighted by atomic mass is 32.1. The van der Waals surface area contributed by atoms with E-state index in [-0.39, 0.29) is 23.4 Å². The molecular formula is C24H28FNO7S. The molecule has 0 saturated heterocycles. The summed E-state index contributed by atoms with van der Waals surface area (Å²) in [5, 5.41) is 48.4. The first-order valence-electron chi connectivity index (χ1n) is 10.3. The molecule has 0 bridgehead atoms. The van der Waals surface area contributed by atoms with Crippen LogP contribution in [0.5, 0.6) is 0 Å². The second-order valence-electron chi connectivity index (χ2n) is 7.68. The Hall–Kier alpha value is -2.54. The first-order chi connectivity index (χ1) is 15.7. The average molecular weight is 494 g/mol. The second-order valence-corrected chi connectivity index (χ2v) is 8.85. The van der Waals surface area contributed by atoms with Crippen LogP contribution in [0.4, 0.5) is 4.39 Å². The van der Waals surface area contributed by atoms with Crippen LogP contribution < -0.4 is 5.73 Å². The number of rotatable bonds is 10. The van der Waals surface area contributed by atoms with E-state index >= 15 is 0 Å². The van der Waals surface area contributed by atoms with Crippen molar-refractivity contribution >= 4 is 17.1 Å². The van der Waals surface area contributed by atoms with Crippen LogP contribution >= 0.6 is 11.3 Å². The molecule has 2 aromatic carbocycles. The van der Waals surface area contributed by atoms with E-state index in [4.69, 9.17) is 10.8 Å². The molecule has 0 spiro atoms. The Balaban J connectivity index is 0.00000408. The van der Waals surface area contributed by atoms with Crippen LogP contribution in [-0.2, 0) is 13.0 Å². The van der Waals surface area contributed by atoms with Crippen molar-refractivity contribution < 1.29 is 40.2 Å². The van der Waals surface area contributed by atoms with Gasteiger partial charge in [0.25, 0.3) is 0 Å². The molecule has 0 radical (unpaired) electrons. The van der Waals surface area contributed by atoms with Gasteiger partial charge in [-0.2, -0.15) is 0 Å². The molecule has 0 unspecified atom stereocenters. The number of benzene rings is 2. The molecule has 10 heteroatoms. The molecule has 0 amide bonds. The molecule has 0 saturated carbocycles. The van der Waals surface area contributed by atoms with Crippen molar-refractivity contribution in [2.75, 3.05) is 6.61 Å². The van der Waals surface area contributed by atoms with Crippen LogP contribution in [0.15, 0.2) is 54.6 Å². The number of hydrogen-bond acceptors (Lipinski definition) is 8. The van der Waals surface area contributed by atoms with E-state index < -0.39 is 36.8 Å². The fourth-order valence-electron chi connectivity index (χ4n) is 3.42. The molecule has 184 valence electrons. The summed E-state index contributed by atoms with van der Waals surface area (Å²) in [5.74, 6) is -1.15. The van der Waals surface area contributed by atoms with Gasteiger partial charge in [-0.05, 0) is 47.0 Å². The first kappa shape index (κ1) is 27.7. The molecule has 4 atom stereocenters.